The first kappa shape index (κ1) is 29.9. The second kappa shape index (κ2) is 13.2. The van der Waals surface area contributed by atoms with Crippen LogP contribution in [0.5, 0.6) is 0 Å². The Labute approximate surface area is 254 Å². The van der Waals surface area contributed by atoms with Gasteiger partial charge in [-0.3, -0.25) is 19.1 Å². The number of rotatable bonds is 11. The van der Waals surface area contributed by atoms with Gasteiger partial charge in [-0.25, -0.2) is 4.79 Å². The molecule has 0 aliphatic carbocycles. The maximum atomic E-state index is 13.9. The Morgan fingerprint density at radius 3 is 2.07 bits per heavy atom. The summed E-state index contributed by atoms with van der Waals surface area (Å²) >= 11 is 3.22. The average Bonchev–Trinajstić information content (AvgIpc) is 3.25. The van der Waals surface area contributed by atoms with E-state index in [0.29, 0.717) is 18.7 Å². The molecule has 5 rings (SSSR count). The summed E-state index contributed by atoms with van der Waals surface area (Å²) in [5.41, 5.74) is 4.54. The molecule has 2 aliphatic rings. The molecule has 8 nitrogen and oxygen atoms in total. The maximum absolute atomic E-state index is 13.9. The van der Waals surface area contributed by atoms with Crippen LogP contribution in [0.1, 0.15) is 40.1 Å². The Kier molecular flexibility index (Phi) is 9.40. The zero-order chi connectivity index (χ0) is 29.7. The predicted molar refractivity (Wildman–Crippen MR) is 168 cm³/mol. The van der Waals surface area contributed by atoms with E-state index < -0.39 is 10.0 Å². The number of sulfonamides is 1. The lowest BCUT2D eigenvalue weighted by Crippen LogP contribution is -2.29. The third kappa shape index (κ3) is 6.74. The molecule has 0 radical (unpaired) electrons. The van der Waals surface area contributed by atoms with Crippen molar-refractivity contribution < 1.29 is 8.42 Å². The molecule has 2 aliphatic heterocycles. The van der Waals surface area contributed by atoms with E-state index in [1.165, 1.54) is 10.1 Å². The minimum absolute atomic E-state index is 0.0993. The van der Waals surface area contributed by atoms with Crippen molar-refractivity contribution in [1.29, 1.82) is 0 Å². The third-order valence-electron chi connectivity index (χ3n) is 7.11. The number of benzene rings is 1. The maximum Gasteiger partial charge on any atom is 0.334 e. The topological polar surface area (TPSA) is 99.2 Å². The molecular weight excluding hydrogens is 587 g/mol. The van der Waals surface area contributed by atoms with Crippen molar-refractivity contribution in [2.24, 2.45) is 4.40 Å². The molecule has 4 heterocycles. The number of nitrogens with zero attached hydrogens (tertiary/aromatic N) is 5. The van der Waals surface area contributed by atoms with Gasteiger partial charge in [-0.2, -0.15) is 8.42 Å². The highest BCUT2D eigenvalue weighted by atomic mass is 32.2. The van der Waals surface area contributed by atoms with E-state index in [0.717, 1.165) is 50.9 Å². The number of imidazole rings is 1. The molecule has 0 atom stereocenters. The fourth-order valence-electron chi connectivity index (χ4n) is 4.70. The summed E-state index contributed by atoms with van der Waals surface area (Å²) in [6, 6.07) is 14.5. The summed E-state index contributed by atoms with van der Waals surface area (Å²) in [6.07, 6.45) is 10.3. The smallest absolute Gasteiger partial charge is 0.275 e. The highest BCUT2D eigenvalue weighted by molar-refractivity contribution is 8.01. The summed E-state index contributed by atoms with van der Waals surface area (Å²) in [5.74, 6) is 0.808. The van der Waals surface area contributed by atoms with Crippen molar-refractivity contribution in [2.75, 3.05) is 5.75 Å². The third-order valence-corrected chi connectivity index (χ3v) is 10.9. The van der Waals surface area contributed by atoms with Gasteiger partial charge in [0, 0.05) is 41.9 Å². The normalized spacial score (nSPS) is 12.3. The quantitative estimate of drug-likeness (QED) is 0.143. The van der Waals surface area contributed by atoms with Crippen molar-refractivity contribution in [2.45, 2.75) is 62.1 Å². The zero-order valence-corrected chi connectivity index (χ0v) is 26.3. The van der Waals surface area contributed by atoms with Gasteiger partial charge in [0.15, 0.2) is 5.49 Å². The van der Waals surface area contributed by atoms with Crippen LogP contribution in [0, 0.1) is 20.8 Å². The molecule has 0 amide bonds. The lowest BCUT2D eigenvalue weighted by Gasteiger charge is -2.13. The Bertz CT molecular complexity index is 1860. The lowest BCUT2D eigenvalue weighted by atomic mass is 10.1. The summed E-state index contributed by atoms with van der Waals surface area (Å²) in [4.78, 5) is 23.2. The lowest BCUT2D eigenvalue weighted by molar-refractivity contribution is 0.585. The Balaban J connectivity index is 1.58. The number of pyridine rings is 2. The molecule has 0 saturated carbocycles. The molecule has 42 heavy (non-hydrogen) atoms. The molecule has 0 spiro atoms. The Morgan fingerprint density at radius 1 is 0.857 bits per heavy atom. The summed E-state index contributed by atoms with van der Waals surface area (Å²) in [5, 5.41) is 0. The first-order chi connectivity index (χ1) is 20.2. The van der Waals surface area contributed by atoms with Gasteiger partial charge >= 0.3 is 5.69 Å². The van der Waals surface area contributed by atoms with Gasteiger partial charge < -0.3 is 0 Å². The second-order valence-electron chi connectivity index (χ2n) is 10.1. The molecule has 2 aromatic heterocycles. The molecule has 11 heteroatoms. The molecule has 3 aromatic rings. The molecule has 1 aromatic carbocycles. The van der Waals surface area contributed by atoms with Crippen LogP contribution < -0.4 is 11.2 Å². The molecule has 0 bridgehead atoms. The van der Waals surface area contributed by atoms with E-state index in [9.17, 15) is 13.2 Å². The molecule has 0 unspecified atom stereocenters. The number of aryl methyl sites for hydroxylation is 4. The number of aromatic nitrogens is 4. The first-order valence-electron chi connectivity index (χ1n) is 13.8. The Morgan fingerprint density at radius 2 is 1.45 bits per heavy atom. The van der Waals surface area contributed by atoms with Crippen molar-refractivity contribution in [3.8, 4) is 5.69 Å². The summed E-state index contributed by atoms with van der Waals surface area (Å²) < 4.78 is 35.6. The van der Waals surface area contributed by atoms with Crippen molar-refractivity contribution in [1.82, 2.24) is 19.1 Å². The van der Waals surface area contributed by atoms with Gasteiger partial charge in [0.05, 0.1) is 9.10 Å². The fourth-order valence-corrected chi connectivity index (χ4v) is 8.15. The van der Waals surface area contributed by atoms with Crippen molar-refractivity contribution in [3.05, 3.63) is 117 Å². The molecular formula is C31H33N5O3S3. The van der Waals surface area contributed by atoms with Crippen LogP contribution in [0.25, 0.3) is 5.69 Å². The first-order valence-corrected chi connectivity index (χ1v) is 17.0. The number of hydrogen-bond acceptors (Lipinski definition) is 7. The van der Waals surface area contributed by atoms with Gasteiger partial charge in [-0.05, 0) is 99.7 Å². The summed E-state index contributed by atoms with van der Waals surface area (Å²) in [7, 11) is -4.08. The minimum atomic E-state index is -4.08. The standard InChI is InChI=1S/C31H33N5O3S3/c1-22-8-10-27(11-9-22)42(38,39)34-29-28-30(40-21-5-7-26-14-18-33-19-15-26)41-24(3)23(2)36(28)31(37)35(29)20-4-6-25-12-16-32-17-13-25/h8-19H,4-7,20-21H2,1-3H3. The van der Waals surface area contributed by atoms with Crippen LogP contribution in [-0.4, -0.2) is 33.3 Å². The second-order valence-corrected chi connectivity index (χ2v) is 14.3. The van der Waals surface area contributed by atoms with E-state index in [2.05, 4.69) is 14.4 Å². The SMILES string of the molecule is Cc1ccc(S(=O)(=O)N=c2c3c(SCCCc4ccncc4)sc(C)c(C)n-3c(=O)n2CCCc2ccncc2)cc1. The van der Waals surface area contributed by atoms with Crippen LogP contribution in [0.4, 0.5) is 0 Å². The number of fused-ring (bicyclic) bond motifs is 1. The van der Waals surface area contributed by atoms with Crippen LogP contribution in [0.2, 0.25) is 0 Å². The van der Waals surface area contributed by atoms with Gasteiger partial charge in [-0.1, -0.05) is 17.7 Å². The number of thioether (sulfide) groups is 1. The van der Waals surface area contributed by atoms with Crippen LogP contribution in [0.3, 0.4) is 0 Å². The fraction of sp³-hybridized carbons (Fsp3) is 0.290. The van der Waals surface area contributed by atoms with Gasteiger partial charge in [0.2, 0.25) is 0 Å². The average molecular weight is 620 g/mol. The van der Waals surface area contributed by atoms with E-state index in [1.807, 2.05) is 45.0 Å². The highest BCUT2D eigenvalue weighted by Gasteiger charge is 2.26. The molecule has 0 fully saturated rings. The van der Waals surface area contributed by atoms with E-state index in [4.69, 9.17) is 0 Å². The zero-order valence-electron chi connectivity index (χ0n) is 23.9. The predicted octanol–water partition coefficient (Wildman–Crippen LogP) is 5.50. The van der Waals surface area contributed by atoms with E-state index in [-0.39, 0.29) is 16.1 Å². The van der Waals surface area contributed by atoms with Crippen LogP contribution >= 0.6 is 23.1 Å². The largest absolute Gasteiger partial charge is 0.334 e. The monoisotopic (exact) mass is 619 g/mol. The van der Waals surface area contributed by atoms with Gasteiger partial charge in [0.25, 0.3) is 10.0 Å². The molecule has 0 saturated heterocycles. The van der Waals surface area contributed by atoms with Crippen LogP contribution in [-0.2, 0) is 29.4 Å². The van der Waals surface area contributed by atoms with Gasteiger partial charge in [-0.15, -0.1) is 27.5 Å². The van der Waals surface area contributed by atoms with Gasteiger partial charge in [0.1, 0.15) is 5.69 Å². The molecule has 0 N–H and O–H groups in total. The summed E-state index contributed by atoms with van der Waals surface area (Å²) in [6.45, 7) is 6.13. The highest BCUT2D eigenvalue weighted by Crippen LogP contribution is 2.33. The number of hydrogen-bond donors (Lipinski definition) is 0. The van der Waals surface area contributed by atoms with E-state index >= 15 is 0 Å². The molecule has 218 valence electrons. The Hall–Kier alpha value is -3.54. The minimum Gasteiger partial charge on any atom is -0.275 e. The van der Waals surface area contributed by atoms with E-state index in [1.54, 1.807) is 76.7 Å². The van der Waals surface area contributed by atoms with Crippen LogP contribution in [0.15, 0.2) is 91.6 Å². The van der Waals surface area contributed by atoms with Crippen molar-refractivity contribution in [3.63, 3.8) is 0 Å². The van der Waals surface area contributed by atoms with Crippen molar-refractivity contribution >= 4 is 33.1 Å².